The van der Waals surface area contributed by atoms with Crippen LogP contribution in [0, 0.1) is 0 Å². The van der Waals surface area contributed by atoms with Gasteiger partial charge in [-0.3, -0.25) is 0 Å². The number of hydrogen-bond donors (Lipinski definition) is 1. The molecule has 2 nitrogen and oxygen atoms in total. The lowest BCUT2D eigenvalue weighted by Gasteiger charge is -2.26. The molecule has 1 aliphatic heterocycles. The van der Waals surface area contributed by atoms with Gasteiger partial charge in [0.1, 0.15) is 0 Å². The molecule has 0 fully saturated rings. The van der Waals surface area contributed by atoms with Crippen molar-refractivity contribution in [3.8, 4) is 0 Å². The quantitative estimate of drug-likeness (QED) is 0.786. The van der Waals surface area contributed by atoms with Crippen molar-refractivity contribution in [2.75, 3.05) is 6.61 Å². The van der Waals surface area contributed by atoms with Gasteiger partial charge in [-0.05, 0) is 23.9 Å². The number of fused-ring (bicyclic) bond motifs is 1. The first kappa shape index (κ1) is 11.0. The Kier molecular flexibility index (Phi) is 3.74. The Hall–Kier alpha value is -0.0900. The zero-order valence-corrected chi connectivity index (χ0v) is 9.16. The summed E-state index contributed by atoms with van der Waals surface area (Å²) in [5.41, 5.74) is 7.13. The normalized spacial score (nSPS) is 23.1. The smallest absolute Gasteiger partial charge is 0.0983 e. The van der Waals surface area contributed by atoms with Gasteiger partial charge in [0.2, 0.25) is 0 Å². The fourth-order valence-electron chi connectivity index (χ4n) is 1.61. The Morgan fingerprint density at radius 3 is 3.15 bits per heavy atom. The van der Waals surface area contributed by atoms with E-state index in [4.69, 9.17) is 10.5 Å². The average molecular weight is 220 g/mol. The van der Waals surface area contributed by atoms with E-state index in [0.29, 0.717) is 0 Å². The van der Waals surface area contributed by atoms with Crippen LogP contribution in [0.1, 0.15) is 23.5 Å². The van der Waals surface area contributed by atoms with Crippen LogP contribution < -0.4 is 5.73 Å². The SMILES string of the molecule is C[C@H](N)C1OCCc2sccc21.Cl. The van der Waals surface area contributed by atoms with Crippen LogP contribution in [0.2, 0.25) is 0 Å². The number of ether oxygens (including phenoxy) is 1. The van der Waals surface area contributed by atoms with Crippen molar-refractivity contribution in [2.24, 2.45) is 5.73 Å². The molecular weight excluding hydrogens is 206 g/mol. The van der Waals surface area contributed by atoms with Gasteiger partial charge in [0, 0.05) is 17.3 Å². The molecule has 1 aromatic heterocycles. The summed E-state index contributed by atoms with van der Waals surface area (Å²) in [5, 5.41) is 2.12. The summed E-state index contributed by atoms with van der Waals surface area (Å²) in [6.45, 7) is 2.82. The van der Waals surface area contributed by atoms with Crippen molar-refractivity contribution in [3.05, 3.63) is 21.9 Å². The van der Waals surface area contributed by atoms with Crippen LogP contribution in [0.25, 0.3) is 0 Å². The Morgan fingerprint density at radius 2 is 2.46 bits per heavy atom. The van der Waals surface area contributed by atoms with Crippen molar-refractivity contribution < 1.29 is 4.74 Å². The average Bonchev–Trinajstić information content (AvgIpc) is 2.49. The maximum Gasteiger partial charge on any atom is 0.0983 e. The molecule has 2 rings (SSSR count). The molecule has 0 saturated carbocycles. The van der Waals surface area contributed by atoms with Crippen molar-refractivity contribution in [2.45, 2.75) is 25.5 Å². The molecule has 0 spiro atoms. The second kappa shape index (κ2) is 4.42. The summed E-state index contributed by atoms with van der Waals surface area (Å²) in [7, 11) is 0. The van der Waals surface area contributed by atoms with Gasteiger partial charge < -0.3 is 10.5 Å². The topological polar surface area (TPSA) is 35.2 Å². The van der Waals surface area contributed by atoms with E-state index < -0.39 is 0 Å². The Bertz CT molecular complexity index is 274. The Morgan fingerprint density at radius 1 is 1.69 bits per heavy atom. The Balaban J connectivity index is 0.000000845. The third kappa shape index (κ3) is 2.05. The minimum atomic E-state index is 0. The molecule has 1 aliphatic rings. The molecule has 0 saturated heterocycles. The summed E-state index contributed by atoms with van der Waals surface area (Å²) in [4.78, 5) is 1.45. The Labute approximate surface area is 88.5 Å². The van der Waals surface area contributed by atoms with Gasteiger partial charge in [-0.1, -0.05) is 0 Å². The van der Waals surface area contributed by atoms with Gasteiger partial charge in [0.25, 0.3) is 0 Å². The lowest BCUT2D eigenvalue weighted by atomic mass is 10.0. The van der Waals surface area contributed by atoms with Crippen LogP contribution in [0.3, 0.4) is 0 Å². The highest BCUT2D eigenvalue weighted by atomic mass is 35.5. The maximum atomic E-state index is 5.82. The van der Waals surface area contributed by atoms with Crippen LogP contribution in [0.15, 0.2) is 11.4 Å². The first-order valence-corrected chi connectivity index (χ1v) is 5.10. The zero-order valence-electron chi connectivity index (χ0n) is 7.53. The summed E-state index contributed by atoms with van der Waals surface area (Å²) < 4.78 is 5.61. The van der Waals surface area contributed by atoms with Crippen LogP contribution in [0.5, 0.6) is 0 Å². The number of nitrogens with two attached hydrogens (primary N) is 1. The predicted molar refractivity (Wildman–Crippen MR) is 57.6 cm³/mol. The summed E-state index contributed by atoms with van der Waals surface area (Å²) >= 11 is 1.81. The molecule has 1 aromatic rings. The monoisotopic (exact) mass is 219 g/mol. The molecule has 0 amide bonds. The van der Waals surface area contributed by atoms with Crippen molar-refractivity contribution >= 4 is 23.7 Å². The third-order valence-electron chi connectivity index (χ3n) is 2.19. The van der Waals surface area contributed by atoms with E-state index in [2.05, 4.69) is 11.4 Å². The van der Waals surface area contributed by atoms with Crippen molar-refractivity contribution in [1.82, 2.24) is 0 Å². The number of halogens is 1. The fraction of sp³-hybridized carbons (Fsp3) is 0.556. The predicted octanol–water partition coefficient (Wildman–Crippen LogP) is 2.13. The van der Waals surface area contributed by atoms with Gasteiger partial charge >= 0.3 is 0 Å². The molecule has 0 aromatic carbocycles. The number of rotatable bonds is 1. The molecule has 0 radical (unpaired) electrons. The van der Waals surface area contributed by atoms with E-state index in [1.165, 1.54) is 10.4 Å². The standard InChI is InChI=1S/C9H13NOS.ClH/c1-6(10)9-7-3-5-12-8(7)2-4-11-9;/h3,5-6,9H,2,4,10H2,1H3;1H/t6-,9?;/m0./s1. The molecule has 74 valence electrons. The number of thiophene rings is 1. The summed E-state index contributed by atoms with van der Waals surface area (Å²) in [5.74, 6) is 0. The number of hydrogen-bond acceptors (Lipinski definition) is 3. The van der Waals surface area contributed by atoms with E-state index in [9.17, 15) is 0 Å². The molecule has 1 unspecified atom stereocenters. The van der Waals surface area contributed by atoms with Gasteiger partial charge in [-0.25, -0.2) is 0 Å². The lowest BCUT2D eigenvalue weighted by Crippen LogP contribution is -2.30. The van der Waals surface area contributed by atoms with Crippen molar-refractivity contribution in [1.29, 1.82) is 0 Å². The van der Waals surface area contributed by atoms with Gasteiger partial charge in [0.15, 0.2) is 0 Å². The highest BCUT2D eigenvalue weighted by Gasteiger charge is 2.24. The lowest BCUT2D eigenvalue weighted by molar-refractivity contribution is 0.0297. The zero-order chi connectivity index (χ0) is 8.55. The van der Waals surface area contributed by atoms with E-state index in [1.54, 1.807) is 0 Å². The van der Waals surface area contributed by atoms with Gasteiger partial charge in [-0.2, -0.15) is 0 Å². The maximum absolute atomic E-state index is 5.82. The van der Waals surface area contributed by atoms with Crippen LogP contribution >= 0.6 is 23.7 Å². The van der Waals surface area contributed by atoms with Crippen molar-refractivity contribution in [3.63, 3.8) is 0 Å². The molecule has 4 heteroatoms. The minimum Gasteiger partial charge on any atom is -0.371 e. The molecule has 2 N–H and O–H groups in total. The van der Waals surface area contributed by atoms with Gasteiger partial charge in [-0.15, -0.1) is 23.7 Å². The molecule has 0 bridgehead atoms. The molecule has 13 heavy (non-hydrogen) atoms. The van der Waals surface area contributed by atoms with E-state index >= 15 is 0 Å². The van der Waals surface area contributed by atoms with E-state index in [1.807, 2.05) is 18.3 Å². The highest BCUT2D eigenvalue weighted by Crippen LogP contribution is 2.32. The van der Waals surface area contributed by atoms with Crippen LogP contribution in [-0.2, 0) is 11.2 Å². The largest absolute Gasteiger partial charge is 0.371 e. The molecule has 0 aliphatic carbocycles. The second-order valence-electron chi connectivity index (χ2n) is 3.20. The van der Waals surface area contributed by atoms with Gasteiger partial charge in [0.05, 0.1) is 12.7 Å². The van der Waals surface area contributed by atoms with Crippen LogP contribution in [0.4, 0.5) is 0 Å². The highest BCUT2D eigenvalue weighted by molar-refractivity contribution is 7.10. The molecule has 2 heterocycles. The second-order valence-corrected chi connectivity index (χ2v) is 4.20. The minimum absolute atomic E-state index is 0. The summed E-state index contributed by atoms with van der Waals surface area (Å²) in [6.07, 6.45) is 1.18. The fourth-order valence-corrected chi connectivity index (χ4v) is 2.51. The van der Waals surface area contributed by atoms with E-state index in [0.717, 1.165) is 13.0 Å². The molecule has 2 atom stereocenters. The van der Waals surface area contributed by atoms with Crippen LogP contribution in [-0.4, -0.2) is 12.6 Å². The first-order valence-electron chi connectivity index (χ1n) is 4.22. The molecular formula is C9H14ClNOS. The summed E-state index contributed by atoms with van der Waals surface area (Å²) in [6, 6.07) is 2.23. The third-order valence-corrected chi connectivity index (χ3v) is 3.19. The van der Waals surface area contributed by atoms with E-state index in [-0.39, 0.29) is 24.6 Å². The first-order chi connectivity index (χ1) is 5.79.